The van der Waals surface area contributed by atoms with E-state index in [9.17, 15) is 19.8 Å². The van der Waals surface area contributed by atoms with Crippen LogP contribution in [0.3, 0.4) is 0 Å². The van der Waals surface area contributed by atoms with Gasteiger partial charge in [-0.1, -0.05) is 13.8 Å². The van der Waals surface area contributed by atoms with Gasteiger partial charge < -0.3 is 25.5 Å². The summed E-state index contributed by atoms with van der Waals surface area (Å²) in [5.41, 5.74) is 2.89. The Kier molecular flexibility index (Phi) is 7.94. The van der Waals surface area contributed by atoms with Crippen molar-refractivity contribution in [2.75, 3.05) is 5.32 Å². The number of carbonyl (C=O) groups is 2. The van der Waals surface area contributed by atoms with Crippen LogP contribution in [0.1, 0.15) is 44.0 Å². The van der Waals surface area contributed by atoms with E-state index in [4.69, 9.17) is 5.41 Å². The van der Waals surface area contributed by atoms with Gasteiger partial charge in [-0.05, 0) is 25.5 Å². The fourth-order valence-corrected chi connectivity index (χ4v) is 3.10. The molecule has 0 saturated carbocycles. The molecule has 1 heterocycles. The predicted molar refractivity (Wildman–Crippen MR) is 115 cm³/mol. The van der Waals surface area contributed by atoms with E-state index in [1.807, 2.05) is 26.1 Å². The van der Waals surface area contributed by atoms with Crippen LogP contribution < -0.4 is 10.6 Å². The molecule has 0 aliphatic heterocycles. The van der Waals surface area contributed by atoms with E-state index >= 15 is 0 Å². The summed E-state index contributed by atoms with van der Waals surface area (Å²) in [6.45, 7) is 6.52. The van der Waals surface area contributed by atoms with Gasteiger partial charge in [-0.15, -0.1) is 0 Å². The van der Waals surface area contributed by atoms with Crippen molar-refractivity contribution in [3.63, 3.8) is 0 Å². The summed E-state index contributed by atoms with van der Waals surface area (Å²) in [5.74, 6) is -1.08. The van der Waals surface area contributed by atoms with Crippen molar-refractivity contribution in [1.82, 2.24) is 4.57 Å². The number of nitrogens with two attached hydrogens (primary N) is 1. The van der Waals surface area contributed by atoms with Crippen LogP contribution in [0, 0.1) is 11.3 Å². The molecule has 0 saturated heterocycles. The lowest BCUT2D eigenvalue weighted by molar-refractivity contribution is -0.525. The van der Waals surface area contributed by atoms with E-state index < -0.39 is 5.97 Å². The number of hydrogen-bond acceptors (Lipinski definition) is 4. The van der Waals surface area contributed by atoms with E-state index in [0.29, 0.717) is 13.0 Å². The lowest BCUT2D eigenvalue weighted by Gasteiger charge is -2.13. The first kappa shape index (κ1) is 22.9. The average Bonchev–Trinajstić information content (AvgIpc) is 3.12. The zero-order chi connectivity index (χ0) is 22.3. The Bertz CT molecular complexity index is 943. The molecule has 30 heavy (non-hydrogen) atoms. The van der Waals surface area contributed by atoms with Gasteiger partial charge in [0, 0.05) is 55.2 Å². The number of aromatic nitrogens is 1. The maximum absolute atomic E-state index is 12.4. The minimum absolute atomic E-state index is 0.0524. The van der Waals surface area contributed by atoms with Gasteiger partial charge in [0.1, 0.15) is 22.7 Å². The second-order valence-corrected chi connectivity index (χ2v) is 7.28. The van der Waals surface area contributed by atoms with Crippen molar-refractivity contribution >= 4 is 29.5 Å². The molecule has 160 valence electrons. The topological polar surface area (TPSA) is 132 Å². The van der Waals surface area contributed by atoms with Crippen LogP contribution >= 0.6 is 0 Å². The molecule has 0 fully saturated rings. The van der Waals surface area contributed by atoms with Crippen LogP contribution in [-0.4, -0.2) is 32.9 Å². The van der Waals surface area contributed by atoms with Gasteiger partial charge in [0.15, 0.2) is 0 Å². The molecule has 1 aromatic heterocycles. The van der Waals surface area contributed by atoms with Gasteiger partial charge >= 0.3 is 5.97 Å². The monoisotopic (exact) mass is 413 g/mol. The summed E-state index contributed by atoms with van der Waals surface area (Å²) in [6.07, 6.45) is 4.84. The van der Waals surface area contributed by atoms with Crippen molar-refractivity contribution < 1.29 is 25.1 Å². The molecule has 0 aliphatic carbocycles. The molecule has 2 rings (SSSR count). The molecule has 8 heteroatoms. The fraction of sp³-hybridized carbons (Fsp3) is 0.318. The summed E-state index contributed by atoms with van der Waals surface area (Å²) < 4.78 is 1.70. The number of aryl methyl sites for hydroxylation is 1. The van der Waals surface area contributed by atoms with Gasteiger partial charge in [-0.2, -0.15) is 0 Å². The van der Waals surface area contributed by atoms with Crippen LogP contribution in [-0.2, 0) is 11.3 Å². The van der Waals surface area contributed by atoms with Gasteiger partial charge in [0.25, 0.3) is 0 Å². The van der Waals surface area contributed by atoms with Crippen LogP contribution in [0.4, 0.5) is 11.4 Å². The second kappa shape index (κ2) is 10.4. The molecule has 0 radical (unpaired) electrons. The highest BCUT2D eigenvalue weighted by atomic mass is 16.4. The number of quaternary nitrogens is 1. The Morgan fingerprint density at radius 3 is 2.40 bits per heavy atom. The number of anilines is 1. The number of aromatic carboxylic acids is 1. The maximum Gasteiger partial charge on any atom is 0.339 e. The summed E-state index contributed by atoms with van der Waals surface area (Å²) in [5, 5.41) is 31.2. The highest BCUT2D eigenvalue weighted by Crippen LogP contribution is 2.19. The number of nitrogens with one attached hydrogen (secondary N) is 2. The number of aromatic hydroxyl groups is 1. The number of carboxylic acid groups (broad SMARTS) is 1. The lowest BCUT2D eigenvalue weighted by Crippen LogP contribution is -2.77. The number of nitrogens with zero attached hydrogens (tertiary/aromatic N) is 1. The third kappa shape index (κ3) is 6.05. The Morgan fingerprint density at radius 1 is 1.20 bits per heavy atom. The Labute approximate surface area is 175 Å². The normalized spacial score (nSPS) is 11.9. The first-order chi connectivity index (χ1) is 14.2. The van der Waals surface area contributed by atoms with Gasteiger partial charge in [0.05, 0.1) is 5.69 Å². The summed E-state index contributed by atoms with van der Waals surface area (Å²) >= 11 is 0. The molecule has 1 amide bonds. The van der Waals surface area contributed by atoms with E-state index in [2.05, 4.69) is 5.32 Å². The number of phenolic OH excluding ortho intramolecular Hbond substituents is 1. The molecular formula is C22H29N4O4+. The lowest BCUT2D eigenvalue weighted by atomic mass is 10.0. The molecule has 0 bridgehead atoms. The van der Waals surface area contributed by atoms with E-state index in [1.54, 1.807) is 35.0 Å². The molecule has 0 unspecified atom stereocenters. The third-order valence-electron chi connectivity index (χ3n) is 4.75. The quantitative estimate of drug-likeness (QED) is 0.233. The zero-order valence-corrected chi connectivity index (χ0v) is 17.5. The number of allylic oxidation sites excluding steroid dienone is 2. The van der Waals surface area contributed by atoms with Crippen LogP contribution in [0.25, 0.3) is 0 Å². The molecule has 2 aromatic rings. The Morgan fingerprint density at radius 2 is 1.87 bits per heavy atom. The first-order valence-electron chi connectivity index (χ1n) is 9.85. The van der Waals surface area contributed by atoms with Gasteiger partial charge in [0.2, 0.25) is 5.91 Å². The standard InChI is InChI=1S/C22H28N4O4/c1-4-26-12-18(22(29)30)19(13-26)25-20(28)10-5-15(11-23)21(14(2)3)24-16-6-8-17(27)9-7-16/h6-9,11-14,23-24,27H,4-5,10H2,1-3H3,(H,25,28)(H,29,30)/p+1. The largest absolute Gasteiger partial charge is 0.508 e. The minimum Gasteiger partial charge on any atom is -0.508 e. The summed E-state index contributed by atoms with van der Waals surface area (Å²) in [4.78, 5) is 23.8. The zero-order valence-electron chi connectivity index (χ0n) is 17.5. The van der Waals surface area contributed by atoms with Crippen molar-refractivity contribution in [1.29, 1.82) is 5.41 Å². The third-order valence-corrected chi connectivity index (χ3v) is 4.75. The SMILES string of the molecule is CCn1cc(NC(=O)CCC(C=N)=C([NH2+]c2ccc(O)cc2)C(C)C)c(C(=O)O)c1. The molecule has 8 nitrogen and oxygen atoms in total. The highest BCUT2D eigenvalue weighted by Gasteiger charge is 2.18. The van der Waals surface area contributed by atoms with E-state index in [-0.39, 0.29) is 35.2 Å². The van der Waals surface area contributed by atoms with Crippen molar-refractivity contribution in [3.05, 3.63) is 53.5 Å². The molecule has 0 aliphatic rings. The number of benzene rings is 1. The maximum atomic E-state index is 12.4. The van der Waals surface area contributed by atoms with Crippen molar-refractivity contribution in [3.8, 4) is 5.75 Å². The Hall–Kier alpha value is -3.39. The number of rotatable bonds is 10. The fourth-order valence-electron chi connectivity index (χ4n) is 3.10. The van der Waals surface area contributed by atoms with Crippen molar-refractivity contribution in [2.24, 2.45) is 5.92 Å². The number of carboxylic acids is 1. The average molecular weight is 413 g/mol. The number of amides is 1. The van der Waals surface area contributed by atoms with Crippen LogP contribution in [0.15, 0.2) is 47.9 Å². The first-order valence-corrected chi connectivity index (χ1v) is 9.85. The van der Waals surface area contributed by atoms with Crippen LogP contribution in [0.5, 0.6) is 5.75 Å². The predicted octanol–water partition coefficient (Wildman–Crippen LogP) is 3.09. The minimum atomic E-state index is -1.09. The molecule has 0 atom stereocenters. The number of phenols is 1. The highest BCUT2D eigenvalue weighted by molar-refractivity contribution is 6.00. The van der Waals surface area contributed by atoms with Crippen molar-refractivity contribution in [2.45, 2.75) is 40.2 Å². The van der Waals surface area contributed by atoms with Crippen LogP contribution in [0.2, 0.25) is 0 Å². The van der Waals surface area contributed by atoms with Gasteiger partial charge in [-0.3, -0.25) is 10.1 Å². The summed E-state index contributed by atoms with van der Waals surface area (Å²) in [6, 6.07) is 6.78. The molecule has 0 spiro atoms. The van der Waals surface area contributed by atoms with Gasteiger partial charge in [-0.25, -0.2) is 4.79 Å². The van der Waals surface area contributed by atoms with E-state index in [0.717, 1.165) is 17.0 Å². The summed E-state index contributed by atoms with van der Waals surface area (Å²) in [7, 11) is 0. The molecular weight excluding hydrogens is 384 g/mol. The smallest absolute Gasteiger partial charge is 0.339 e. The number of carbonyl (C=O) groups excluding carboxylic acids is 1. The second-order valence-electron chi connectivity index (χ2n) is 7.28. The Balaban J connectivity index is 2.12. The van der Waals surface area contributed by atoms with E-state index in [1.165, 1.54) is 12.4 Å². The molecule has 1 aromatic carbocycles. The molecule has 6 N–H and O–H groups in total. The number of hydrogen-bond donors (Lipinski definition) is 5.